The van der Waals surface area contributed by atoms with Crippen LogP contribution in [0.3, 0.4) is 0 Å². The molecular weight excluding hydrogens is 372 g/mol. The molecule has 2 unspecified atom stereocenters. The first-order valence-electron chi connectivity index (χ1n) is 9.42. The highest BCUT2D eigenvalue weighted by atomic mass is 32.2. The number of anilines is 1. The SMILES string of the molecule is O=CC(=O)C1NCSC1Cc1ccc(NC(=O)C2(c3ccccc3)CC2)cc1. The van der Waals surface area contributed by atoms with E-state index >= 15 is 0 Å². The van der Waals surface area contributed by atoms with Crippen molar-refractivity contribution in [2.24, 2.45) is 0 Å². The molecule has 2 N–H and O–H groups in total. The van der Waals surface area contributed by atoms with E-state index in [1.165, 1.54) is 0 Å². The molecule has 0 radical (unpaired) electrons. The number of amides is 1. The van der Waals surface area contributed by atoms with Crippen molar-refractivity contribution in [2.45, 2.75) is 36.0 Å². The molecule has 0 spiro atoms. The fourth-order valence-corrected chi connectivity index (χ4v) is 4.97. The van der Waals surface area contributed by atoms with Crippen LogP contribution in [-0.2, 0) is 26.2 Å². The van der Waals surface area contributed by atoms with Gasteiger partial charge in [-0.1, -0.05) is 42.5 Å². The molecule has 1 saturated carbocycles. The first-order valence-corrected chi connectivity index (χ1v) is 10.5. The third kappa shape index (κ3) is 3.75. The second-order valence-electron chi connectivity index (χ2n) is 7.35. The Morgan fingerprint density at radius 2 is 1.82 bits per heavy atom. The van der Waals surface area contributed by atoms with Gasteiger partial charge in [-0.3, -0.25) is 19.7 Å². The lowest BCUT2D eigenvalue weighted by atomic mass is 9.95. The minimum Gasteiger partial charge on any atom is -0.325 e. The van der Waals surface area contributed by atoms with E-state index in [-0.39, 0.29) is 11.2 Å². The van der Waals surface area contributed by atoms with E-state index in [0.29, 0.717) is 18.6 Å². The van der Waals surface area contributed by atoms with Crippen molar-refractivity contribution < 1.29 is 14.4 Å². The normalized spacial score (nSPS) is 22.4. The molecular formula is C22H22N2O3S. The zero-order valence-electron chi connectivity index (χ0n) is 15.4. The van der Waals surface area contributed by atoms with Crippen LogP contribution in [-0.4, -0.2) is 35.1 Å². The monoisotopic (exact) mass is 394 g/mol. The van der Waals surface area contributed by atoms with E-state index < -0.39 is 17.2 Å². The van der Waals surface area contributed by atoms with Crippen LogP contribution in [0.25, 0.3) is 0 Å². The number of rotatable bonds is 7. The minimum absolute atomic E-state index is 0.0404. The number of carbonyl (C=O) groups excluding carboxylic acids is 3. The molecule has 0 bridgehead atoms. The van der Waals surface area contributed by atoms with E-state index in [1.807, 2.05) is 54.6 Å². The number of hydrogen-bond acceptors (Lipinski definition) is 5. The average molecular weight is 394 g/mol. The molecule has 1 saturated heterocycles. The van der Waals surface area contributed by atoms with Gasteiger partial charge in [0.1, 0.15) is 0 Å². The van der Waals surface area contributed by atoms with Gasteiger partial charge in [-0.15, -0.1) is 11.8 Å². The molecule has 144 valence electrons. The number of nitrogens with one attached hydrogen (secondary N) is 2. The number of benzene rings is 2. The van der Waals surface area contributed by atoms with Crippen LogP contribution < -0.4 is 10.6 Å². The Bertz CT molecular complexity index is 878. The summed E-state index contributed by atoms with van der Waals surface area (Å²) in [5.41, 5.74) is 2.52. The van der Waals surface area contributed by atoms with Crippen molar-refractivity contribution in [3.05, 3.63) is 65.7 Å². The fourth-order valence-electron chi connectivity index (χ4n) is 3.74. The van der Waals surface area contributed by atoms with Gasteiger partial charge in [-0.25, -0.2) is 0 Å². The molecule has 4 rings (SSSR count). The second-order valence-corrected chi connectivity index (χ2v) is 8.58. The van der Waals surface area contributed by atoms with Crippen molar-refractivity contribution >= 4 is 35.4 Å². The summed E-state index contributed by atoms with van der Waals surface area (Å²) in [5, 5.41) is 6.17. The highest BCUT2D eigenvalue weighted by Crippen LogP contribution is 2.48. The quantitative estimate of drug-likeness (QED) is 0.558. The molecule has 2 fully saturated rings. The molecule has 5 nitrogen and oxygen atoms in total. The molecule has 2 aromatic rings. The van der Waals surface area contributed by atoms with Crippen LogP contribution >= 0.6 is 11.8 Å². The summed E-state index contributed by atoms with van der Waals surface area (Å²) in [6.45, 7) is 0. The second kappa shape index (κ2) is 7.89. The lowest BCUT2D eigenvalue weighted by Crippen LogP contribution is -2.39. The number of hydrogen-bond donors (Lipinski definition) is 2. The summed E-state index contributed by atoms with van der Waals surface area (Å²) in [4.78, 5) is 35.3. The van der Waals surface area contributed by atoms with Crippen molar-refractivity contribution in [3.8, 4) is 0 Å². The Hall–Kier alpha value is -2.44. The summed E-state index contributed by atoms with van der Waals surface area (Å²) < 4.78 is 0. The smallest absolute Gasteiger partial charge is 0.235 e. The third-order valence-electron chi connectivity index (χ3n) is 5.55. The number of carbonyl (C=O) groups is 3. The zero-order chi connectivity index (χ0) is 19.6. The maximum atomic E-state index is 12.8. The average Bonchev–Trinajstić information content (AvgIpc) is 3.43. The summed E-state index contributed by atoms with van der Waals surface area (Å²) in [7, 11) is 0. The van der Waals surface area contributed by atoms with Crippen LogP contribution in [0.2, 0.25) is 0 Å². The van der Waals surface area contributed by atoms with E-state index in [1.54, 1.807) is 11.8 Å². The van der Waals surface area contributed by atoms with Gasteiger partial charge in [0, 0.05) is 16.8 Å². The Morgan fingerprint density at radius 1 is 1.11 bits per heavy atom. The number of thioether (sulfide) groups is 1. The molecule has 2 aromatic carbocycles. The van der Waals surface area contributed by atoms with Crippen LogP contribution in [0.15, 0.2) is 54.6 Å². The van der Waals surface area contributed by atoms with E-state index in [0.717, 1.165) is 29.7 Å². The van der Waals surface area contributed by atoms with Crippen molar-refractivity contribution in [1.82, 2.24) is 5.32 Å². The maximum Gasteiger partial charge on any atom is 0.235 e. The van der Waals surface area contributed by atoms with Crippen molar-refractivity contribution in [2.75, 3.05) is 11.2 Å². The maximum absolute atomic E-state index is 12.8. The predicted octanol–water partition coefficient (Wildman–Crippen LogP) is 2.70. The molecule has 1 heterocycles. The molecule has 28 heavy (non-hydrogen) atoms. The van der Waals surface area contributed by atoms with Gasteiger partial charge < -0.3 is 5.32 Å². The highest BCUT2D eigenvalue weighted by molar-refractivity contribution is 8.00. The summed E-state index contributed by atoms with van der Waals surface area (Å²) >= 11 is 1.65. The lowest BCUT2D eigenvalue weighted by molar-refractivity contribution is -0.131. The van der Waals surface area contributed by atoms with Gasteiger partial charge in [-0.2, -0.15) is 0 Å². The van der Waals surface area contributed by atoms with Crippen molar-refractivity contribution in [3.63, 3.8) is 0 Å². The van der Waals surface area contributed by atoms with E-state index in [2.05, 4.69) is 10.6 Å². The first-order chi connectivity index (χ1) is 13.6. The third-order valence-corrected chi connectivity index (χ3v) is 6.76. The summed E-state index contributed by atoms with van der Waals surface area (Å²) in [6, 6.07) is 17.3. The topological polar surface area (TPSA) is 75.3 Å². The molecule has 6 heteroatoms. The first kappa shape index (κ1) is 18.9. The highest BCUT2D eigenvalue weighted by Gasteiger charge is 2.51. The van der Waals surface area contributed by atoms with Gasteiger partial charge in [0.2, 0.25) is 11.7 Å². The molecule has 1 aliphatic carbocycles. The van der Waals surface area contributed by atoms with E-state index in [9.17, 15) is 14.4 Å². The van der Waals surface area contributed by atoms with Crippen molar-refractivity contribution in [1.29, 1.82) is 0 Å². The van der Waals surface area contributed by atoms with Crippen LogP contribution in [0.4, 0.5) is 5.69 Å². The Morgan fingerprint density at radius 3 is 2.46 bits per heavy atom. The Balaban J connectivity index is 1.39. The van der Waals surface area contributed by atoms with Crippen LogP contribution in [0.1, 0.15) is 24.0 Å². The Kier molecular flexibility index (Phi) is 5.33. The lowest BCUT2D eigenvalue weighted by Gasteiger charge is -2.17. The minimum atomic E-state index is -0.414. The van der Waals surface area contributed by atoms with Crippen LogP contribution in [0, 0.1) is 0 Å². The Labute approximate surface area is 168 Å². The standard InChI is InChI=1S/C22H22N2O3S/c25-13-18(26)20-19(28-14-23-20)12-15-6-8-17(9-7-15)24-21(27)22(10-11-22)16-4-2-1-3-5-16/h1-9,13,19-20,23H,10-12,14H2,(H,24,27). The van der Waals surface area contributed by atoms with Crippen LogP contribution in [0.5, 0.6) is 0 Å². The molecule has 1 aliphatic heterocycles. The van der Waals surface area contributed by atoms with E-state index in [4.69, 9.17) is 0 Å². The fraction of sp³-hybridized carbons (Fsp3) is 0.318. The van der Waals surface area contributed by atoms with Gasteiger partial charge in [0.05, 0.1) is 11.5 Å². The van der Waals surface area contributed by atoms with Gasteiger partial charge >= 0.3 is 0 Å². The largest absolute Gasteiger partial charge is 0.325 e. The summed E-state index contributed by atoms with van der Waals surface area (Å²) in [6.07, 6.45) is 2.84. The van der Waals surface area contributed by atoms with Gasteiger partial charge in [0.15, 0.2) is 6.29 Å². The predicted molar refractivity (Wildman–Crippen MR) is 110 cm³/mol. The summed E-state index contributed by atoms with van der Waals surface area (Å²) in [5.74, 6) is 0.318. The number of ketones is 1. The molecule has 2 aliphatic rings. The van der Waals surface area contributed by atoms with Gasteiger partial charge in [0.25, 0.3) is 0 Å². The number of aldehydes is 1. The molecule has 2 atom stereocenters. The molecule has 1 amide bonds. The molecule has 0 aromatic heterocycles. The number of Topliss-reactive ketones (excluding diaryl/α,β-unsaturated/α-hetero) is 1. The zero-order valence-corrected chi connectivity index (χ0v) is 16.2. The van der Waals surface area contributed by atoms with Gasteiger partial charge in [-0.05, 0) is 42.5 Å².